The van der Waals surface area contributed by atoms with Gasteiger partial charge in [-0.15, -0.1) is 0 Å². The second kappa shape index (κ2) is 6.06. The highest BCUT2D eigenvalue weighted by Crippen LogP contribution is 2.34. The molecule has 1 rings (SSSR count). The maximum Gasteiger partial charge on any atom is 0.338 e. The molecular weight excluding hydrogens is 244 g/mol. The average molecular weight is 266 g/mol. The number of aliphatic hydroxyl groups excluding tert-OH is 1. The first kappa shape index (κ1) is 15.5. The minimum Gasteiger partial charge on any atom is -0.507 e. The number of aromatic hydroxyl groups is 1. The van der Waals surface area contributed by atoms with Gasteiger partial charge in [0.1, 0.15) is 5.75 Å². The van der Waals surface area contributed by atoms with Crippen molar-refractivity contribution < 1.29 is 19.7 Å². The Bertz CT molecular complexity index is 458. The van der Waals surface area contributed by atoms with Crippen molar-refractivity contribution in [3.63, 3.8) is 0 Å². The molecular formula is C15H22O4. The molecule has 0 saturated carbocycles. The molecule has 0 aromatic heterocycles. The number of carbonyl (C=O) groups is 1. The van der Waals surface area contributed by atoms with Crippen LogP contribution in [-0.2, 0) is 10.2 Å². The van der Waals surface area contributed by atoms with Crippen LogP contribution >= 0.6 is 0 Å². The Morgan fingerprint density at radius 3 is 2.47 bits per heavy atom. The molecule has 0 aliphatic heterocycles. The molecule has 0 heterocycles. The van der Waals surface area contributed by atoms with Crippen LogP contribution in [0.25, 0.3) is 0 Å². The van der Waals surface area contributed by atoms with Crippen LogP contribution in [0, 0.1) is 6.92 Å². The summed E-state index contributed by atoms with van der Waals surface area (Å²) in [6, 6.07) is 3.29. The Balaban J connectivity index is 3.03. The maximum atomic E-state index is 11.9. The van der Waals surface area contributed by atoms with Gasteiger partial charge >= 0.3 is 5.97 Å². The van der Waals surface area contributed by atoms with Crippen LogP contribution in [0.1, 0.15) is 48.7 Å². The molecule has 0 aliphatic carbocycles. The molecule has 19 heavy (non-hydrogen) atoms. The van der Waals surface area contributed by atoms with E-state index in [0.29, 0.717) is 17.5 Å². The standard InChI is InChI=1S/C15H22O4/c1-10-8-11(14(18)19-7-5-6-16)9-12(13(10)17)15(2,3)4/h8-9,16-17H,5-7H2,1-4H3. The van der Waals surface area contributed by atoms with Crippen molar-refractivity contribution in [1.82, 2.24) is 0 Å². The van der Waals surface area contributed by atoms with Gasteiger partial charge in [0.25, 0.3) is 0 Å². The number of benzene rings is 1. The maximum absolute atomic E-state index is 11.9. The number of esters is 1. The number of phenols is 1. The van der Waals surface area contributed by atoms with Crippen LogP contribution in [-0.4, -0.2) is 29.4 Å². The highest BCUT2D eigenvalue weighted by molar-refractivity contribution is 5.90. The van der Waals surface area contributed by atoms with Crippen LogP contribution in [0.2, 0.25) is 0 Å². The van der Waals surface area contributed by atoms with Crippen molar-refractivity contribution in [2.45, 2.75) is 39.5 Å². The first-order chi connectivity index (χ1) is 8.77. The van der Waals surface area contributed by atoms with Crippen molar-refractivity contribution in [2.75, 3.05) is 13.2 Å². The van der Waals surface area contributed by atoms with Crippen LogP contribution in [0.3, 0.4) is 0 Å². The quantitative estimate of drug-likeness (QED) is 0.649. The molecule has 1 aromatic rings. The van der Waals surface area contributed by atoms with Gasteiger partial charge in [-0.2, -0.15) is 0 Å². The monoisotopic (exact) mass is 266 g/mol. The van der Waals surface area contributed by atoms with Gasteiger partial charge in [-0.25, -0.2) is 4.79 Å². The zero-order valence-corrected chi connectivity index (χ0v) is 12.0. The second-order valence-corrected chi connectivity index (χ2v) is 5.65. The summed E-state index contributed by atoms with van der Waals surface area (Å²) in [6.45, 7) is 7.87. The largest absolute Gasteiger partial charge is 0.507 e. The van der Waals surface area contributed by atoms with Gasteiger partial charge in [0, 0.05) is 18.6 Å². The minimum absolute atomic E-state index is 0.00483. The topological polar surface area (TPSA) is 66.8 Å². The third kappa shape index (κ3) is 3.96. The number of aryl methyl sites for hydroxylation is 1. The normalized spacial score (nSPS) is 11.4. The lowest BCUT2D eigenvalue weighted by molar-refractivity contribution is 0.0482. The number of carbonyl (C=O) groups excluding carboxylic acids is 1. The van der Waals surface area contributed by atoms with Gasteiger partial charge in [0.2, 0.25) is 0 Å². The summed E-state index contributed by atoms with van der Waals surface area (Å²) in [6.07, 6.45) is 0.426. The fraction of sp³-hybridized carbons (Fsp3) is 0.533. The van der Waals surface area contributed by atoms with E-state index in [-0.39, 0.29) is 24.4 Å². The molecule has 0 aliphatic rings. The Morgan fingerprint density at radius 2 is 1.95 bits per heavy atom. The Kier molecular flexibility index (Phi) is 4.95. The predicted octanol–water partition coefficient (Wildman–Crippen LogP) is 2.54. The Morgan fingerprint density at radius 1 is 1.32 bits per heavy atom. The molecule has 0 amide bonds. The first-order valence-corrected chi connectivity index (χ1v) is 6.39. The third-order valence-corrected chi connectivity index (χ3v) is 2.88. The molecule has 2 N–H and O–H groups in total. The zero-order valence-electron chi connectivity index (χ0n) is 12.0. The molecule has 1 aromatic carbocycles. The van der Waals surface area contributed by atoms with Gasteiger partial charge in [-0.1, -0.05) is 20.8 Å². The number of hydrogen-bond acceptors (Lipinski definition) is 4. The van der Waals surface area contributed by atoms with Crippen LogP contribution in [0.15, 0.2) is 12.1 Å². The SMILES string of the molecule is Cc1cc(C(=O)OCCCO)cc(C(C)(C)C)c1O. The molecule has 0 saturated heterocycles. The number of aliphatic hydroxyl groups is 1. The van der Waals surface area contributed by atoms with Crippen molar-refractivity contribution in [3.05, 3.63) is 28.8 Å². The van der Waals surface area contributed by atoms with Gasteiger partial charge in [0.15, 0.2) is 0 Å². The van der Waals surface area contributed by atoms with Crippen LogP contribution in [0.4, 0.5) is 0 Å². The van der Waals surface area contributed by atoms with Crippen LogP contribution < -0.4 is 0 Å². The summed E-state index contributed by atoms with van der Waals surface area (Å²) in [5.41, 5.74) is 1.55. The van der Waals surface area contributed by atoms with Crippen molar-refractivity contribution in [1.29, 1.82) is 0 Å². The summed E-state index contributed by atoms with van der Waals surface area (Å²) < 4.78 is 5.05. The number of hydrogen-bond donors (Lipinski definition) is 2. The van der Waals surface area contributed by atoms with Gasteiger partial charge < -0.3 is 14.9 Å². The van der Waals surface area contributed by atoms with E-state index >= 15 is 0 Å². The lowest BCUT2D eigenvalue weighted by Gasteiger charge is -2.22. The lowest BCUT2D eigenvalue weighted by Crippen LogP contribution is -2.15. The summed E-state index contributed by atoms with van der Waals surface area (Å²) in [7, 11) is 0. The lowest BCUT2D eigenvalue weighted by atomic mass is 9.84. The summed E-state index contributed by atoms with van der Waals surface area (Å²) >= 11 is 0. The van der Waals surface area contributed by atoms with Gasteiger partial charge in [-0.3, -0.25) is 0 Å². The van der Waals surface area contributed by atoms with Gasteiger partial charge in [0.05, 0.1) is 12.2 Å². The molecule has 0 spiro atoms. The van der Waals surface area contributed by atoms with Crippen molar-refractivity contribution >= 4 is 5.97 Å². The first-order valence-electron chi connectivity index (χ1n) is 6.39. The zero-order chi connectivity index (χ0) is 14.6. The second-order valence-electron chi connectivity index (χ2n) is 5.65. The smallest absolute Gasteiger partial charge is 0.338 e. The molecule has 4 heteroatoms. The Labute approximate surface area is 114 Å². The summed E-state index contributed by atoms with van der Waals surface area (Å²) in [5, 5.41) is 18.7. The van der Waals surface area contributed by atoms with E-state index in [1.807, 2.05) is 20.8 Å². The molecule has 106 valence electrons. The number of phenolic OH excluding ortho intramolecular Hbond substituents is 1. The highest BCUT2D eigenvalue weighted by Gasteiger charge is 2.22. The van der Waals surface area contributed by atoms with E-state index in [1.54, 1.807) is 19.1 Å². The number of ether oxygens (including phenoxy) is 1. The number of rotatable bonds is 4. The van der Waals surface area contributed by atoms with E-state index in [4.69, 9.17) is 9.84 Å². The van der Waals surface area contributed by atoms with Crippen molar-refractivity contribution in [3.8, 4) is 5.75 Å². The predicted molar refractivity (Wildman–Crippen MR) is 73.5 cm³/mol. The molecule has 0 bridgehead atoms. The summed E-state index contributed by atoms with van der Waals surface area (Å²) in [5.74, 6) is -0.207. The fourth-order valence-electron chi connectivity index (χ4n) is 1.78. The molecule has 0 atom stereocenters. The van der Waals surface area contributed by atoms with Gasteiger partial charge in [-0.05, 0) is 30.0 Å². The molecule has 0 unspecified atom stereocenters. The van der Waals surface area contributed by atoms with E-state index in [9.17, 15) is 9.90 Å². The van der Waals surface area contributed by atoms with E-state index in [2.05, 4.69) is 0 Å². The fourth-order valence-corrected chi connectivity index (χ4v) is 1.78. The minimum atomic E-state index is -0.429. The Hall–Kier alpha value is -1.55. The molecule has 4 nitrogen and oxygen atoms in total. The summed E-state index contributed by atoms with van der Waals surface area (Å²) in [4.78, 5) is 11.9. The third-order valence-electron chi connectivity index (χ3n) is 2.88. The average Bonchev–Trinajstić information content (AvgIpc) is 2.31. The molecule has 0 fully saturated rings. The highest BCUT2D eigenvalue weighted by atomic mass is 16.5. The molecule has 0 radical (unpaired) electrons. The van der Waals surface area contributed by atoms with E-state index in [0.717, 1.165) is 5.56 Å². The van der Waals surface area contributed by atoms with E-state index in [1.165, 1.54) is 0 Å². The van der Waals surface area contributed by atoms with E-state index < -0.39 is 5.97 Å². The van der Waals surface area contributed by atoms with Crippen molar-refractivity contribution in [2.24, 2.45) is 0 Å². The van der Waals surface area contributed by atoms with Crippen LogP contribution in [0.5, 0.6) is 5.75 Å².